The number of nitrogen functional groups attached to an aromatic ring is 1. The lowest BCUT2D eigenvalue weighted by molar-refractivity contribution is 0.0698. The molecule has 0 radical (unpaired) electrons. The van der Waals surface area contributed by atoms with Gasteiger partial charge in [0.25, 0.3) is 0 Å². The second-order valence-corrected chi connectivity index (χ2v) is 4.30. The van der Waals surface area contributed by atoms with Crippen molar-refractivity contribution in [3.05, 3.63) is 17.8 Å². The van der Waals surface area contributed by atoms with Crippen molar-refractivity contribution in [2.75, 3.05) is 51.4 Å². The maximum absolute atomic E-state index is 10.9. The van der Waals surface area contributed by atoms with Crippen LogP contribution in [0.5, 0.6) is 0 Å². The highest BCUT2D eigenvalue weighted by molar-refractivity contribution is 5.94. The van der Waals surface area contributed by atoms with E-state index in [2.05, 4.69) is 10.3 Å². The fraction of sp³-hybridized carbons (Fsp3) is 0.500. The second-order valence-electron chi connectivity index (χ2n) is 4.30. The van der Waals surface area contributed by atoms with Gasteiger partial charge in [0.15, 0.2) is 0 Å². The van der Waals surface area contributed by atoms with Gasteiger partial charge in [-0.3, -0.25) is 0 Å². The smallest absolute Gasteiger partial charge is 0.337 e. The maximum atomic E-state index is 10.9. The van der Waals surface area contributed by atoms with Crippen molar-refractivity contribution in [2.45, 2.75) is 0 Å². The SMILES string of the molecule is CN(C)CCOCCNc1cc(C(=O)O)c(N)cn1. The summed E-state index contributed by atoms with van der Waals surface area (Å²) in [5.41, 5.74) is 5.71. The molecule has 0 atom stereocenters. The molecule has 7 nitrogen and oxygen atoms in total. The number of carboxylic acids is 1. The van der Waals surface area contributed by atoms with Crippen molar-refractivity contribution >= 4 is 17.5 Å². The molecule has 1 aromatic rings. The highest BCUT2D eigenvalue weighted by Gasteiger charge is 2.09. The average molecular weight is 268 g/mol. The van der Waals surface area contributed by atoms with Crippen LogP contribution in [-0.2, 0) is 4.74 Å². The molecule has 1 aromatic heterocycles. The molecule has 19 heavy (non-hydrogen) atoms. The number of pyridine rings is 1. The van der Waals surface area contributed by atoms with Gasteiger partial charge in [-0.1, -0.05) is 0 Å². The summed E-state index contributed by atoms with van der Waals surface area (Å²) >= 11 is 0. The minimum absolute atomic E-state index is 0.0472. The summed E-state index contributed by atoms with van der Waals surface area (Å²) in [6, 6.07) is 1.41. The molecule has 0 aliphatic rings. The van der Waals surface area contributed by atoms with E-state index in [-0.39, 0.29) is 11.3 Å². The quantitative estimate of drug-likeness (QED) is 0.585. The van der Waals surface area contributed by atoms with Crippen molar-refractivity contribution in [2.24, 2.45) is 0 Å². The first kappa shape index (κ1) is 15.2. The average Bonchev–Trinajstić information content (AvgIpc) is 2.34. The predicted octanol–water partition coefficient (Wildman–Crippen LogP) is 0.352. The van der Waals surface area contributed by atoms with Crippen LogP contribution in [0.15, 0.2) is 12.3 Å². The van der Waals surface area contributed by atoms with Gasteiger partial charge in [-0.05, 0) is 20.2 Å². The van der Waals surface area contributed by atoms with E-state index < -0.39 is 5.97 Å². The highest BCUT2D eigenvalue weighted by Crippen LogP contribution is 2.14. The lowest BCUT2D eigenvalue weighted by Gasteiger charge is -2.11. The van der Waals surface area contributed by atoms with Crippen LogP contribution in [0.1, 0.15) is 10.4 Å². The largest absolute Gasteiger partial charge is 0.478 e. The van der Waals surface area contributed by atoms with Crippen molar-refractivity contribution < 1.29 is 14.6 Å². The topological polar surface area (TPSA) is 101 Å². The Bertz CT molecular complexity index is 423. The third-order valence-corrected chi connectivity index (χ3v) is 2.40. The first-order valence-electron chi connectivity index (χ1n) is 5.96. The number of carboxylic acid groups (broad SMARTS) is 1. The molecule has 0 aliphatic carbocycles. The molecule has 0 spiro atoms. The molecule has 0 aromatic carbocycles. The maximum Gasteiger partial charge on any atom is 0.337 e. The highest BCUT2D eigenvalue weighted by atomic mass is 16.5. The van der Waals surface area contributed by atoms with Crippen LogP contribution in [0, 0.1) is 0 Å². The van der Waals surface area contributed by atoms with Crippen molar-refractivity contribution in [3.63, 3.8) is 0 Å². The number of hydrogen-bond acceptors (Lipinski definition) is 6. The van der Waals surface area contributed by atoms with Crippen molar-refractivity contribution in [1.82, 2.24) is 9.88 Å². The van der Waals surface area contributed by atoms with Crippen LogP contribution in [0.25, 0.3) is 0 Å². The lowest BCUT2D eigenvalue weighted by Crippen LogP contribution is -2.20. The van der Waals surface area contributed by atoms with E-state index in [1.807, 2.05) is 19.0 Å². The van der Waals surface area contributed by atoms with Gasteiger partial charge in [0.1, 0.15) is 5.82 Å². The van der Waals surface area contributed by atoms with Crippen LogP contribution in [0.3, 0.4) is 0 Å². The third-order valence-electron chi connectivity index (χ3n) is 2.40. The fourth-order valence-electron chi connectivity index (χ4n) is 1.35. The van der Waals surface area contributed by atoms with E-state index in [4.69, 9.17) is 15.6 Å². The molecule has 0 unspecified atom stereocenters. The number of nitrogens with two attached hydrogens (primary N) is 1. The molecular formula is C12H20N4O3. The number of nitrogens with zero attached hydrogens (tertiary/aromatic N) is 2. The molecule has 0 fully saturated rings. The zero-order chi connectivity index (χ0) is 14.3. The molecule has 1 rings (SSSR count). The summed E-state index contributed by atoms with van der Waals surface area (Å²) < 4.78 is 5.39. The summed E-state index contributed by atoms with van der Waals surface area (Å²) in [4.78, 5) is 16.9. The Morgan fingerprint density at radius 1 is 1.53 bits per heavy atom. The van der Waals surface area contributed by atoms with E-state index in [0.717, 1.165) is 6.54 Å². The van der Waals surface area contributed by atoms with Crippen LogP contribution >= 0.6 is 0 Å². The standard InChI is InChI=1S/C12H20N4O3/c1-16(2)4-6-19-5-3-14-11-7-9(12(17)18)10(13)8-15-11/h7-8H,3-6,13H2,1-2H3,(H,14,15)(H,17,18). The Labute approximate surface area is 112 Å². The van der Waals surface area contributed by atoms with E-state index in [1.54, 1.807) is 0 Å². The first-order valence-corrected chi connectivity index (χ1v) is 5.96. The number of nitrogens with one attached hydrogen (secondary N) is 1. The Morgan fingerprint density at radius 3 is 2.89 bits per heavy atom. The van der Waals surface area contributed by atoms with Gasteiger partial charge in [0.2, 0.25) is 0 Å². The van der Waals surface area contributed by atoms with Crippen molar-refractivity contribution in [3.8, 4) is 0 Å². The molecule has 0 amide bonds. The monoisotopic (exact) mass is 268 g/mol. The molecular weight excluding hydrogens is 248 g/mol. The van der Waals surface area contributed by atoms with Gasteiger partial charge in [0.05, 0.1) is 30.7 Å². The number of ether oxygens (including phenoxy) is 1. The Balaban J connectivity index is 2.34. The van der Waals surface area contributed by atoms with Gasteiger partial charge in [-0.15, -0.1) is 0 Å². The van der Waals surface area contributed by atoms with Gasteiger partial charge in [-0.25, -0.2) is 9.78 Å². The summed E-state index contributed by atoms with van der Waals surface area (Å²) in [5.74, 6) is -0.590. The number of likely N-dealkylation sites (N-methyl/N-ethyl adjacent to an activating group) is 1. The Hall–Kier alpha value is -1.86. The number of carbonyl (C=O) groups is 1. The number of anilines is 2. The molecule has 106 valence electrons. The Morgan fingerprint density at radius 2 is 2.26 bits per heavy atom. The molecule has 0 saturated heterocycles. The molecule has 7 heteroatoms. The van der Waals surface area contributed by atoms with Crippen LogP contribution in [0.4, 0.5) is 11.5 Å². The first-order chi connectivity index (χ1) is 9.00. The van der Waals surface area contributed by atoms with E-state index in [9.17, 15) is 4.79 Å². The van der Waals surface area contributed by atoms with Gasteiger partial charge >= 0.3 is 5.97 Å². The van der Waals surface area contributed by atoms with Gasteiger partial charge in [-0.2, -0.15) is 0 Å². The lowest BCUT2D eigenvalue weighted by atomic mass is 10.2. The predicted molar refractivity (Wildman–Crippen MR) is 73.5 cm³/mol. The van der Waals surface area contributed by atoms with Crippen LogP contribution in [0.2, 0.25) is 0 Å². The van der Waals surface area contributed by atoms with Crippen molar-refractivity contribution in [1.29, 1.82) is 0 Å². The minimum atomic E-state index is -1.06. The van der Waals surface area contributed by atoms with Gasteiger partial charge < -0.3 is 25.8 Å². The summed E-state index contributed by atoms with van der Waals surface area (Å²) in [5, 5.41) is 11.9. The number of rotatable bonds is 8. The minimum Gasteiger partial charge on any atom is -0.478 e. The Kier molecular flexibility index (Phi) is 6.04. The zero-order valence-electron chi connectivity index (χ0n) is 11.2. The zero-order valence-corrected chi connectivity index (χ0v) is 11.2. The molecule has 0 bridgehead atoms. The van der Waals surface area contributed by atoms with Crippen LogP contribution < -0.4 is 11.1 Å². The number of aromatic carboxylic acids is 1. The molecule has 4 N–H and O–H groups in total. The number of hydrogen-bond donors (Lipinski definition) is 3. The summed E-state index contributed by atoms with van der Waals surface area (Å²) in [7, 11) is 3.96. The molecule has 1 heterocycles. The van der Waals surface area contributed by atoms with Gasteiger partial charge in [0, 0.05) is 13.1 Å². The van der Waals surface area contributed by atoms with E-state index >= 15 is 0 Å². The second kappa shape index (κ2) is 7.55. The van der Waals surface area contributed by atoms with Crippen LogP contribution in [-0.4, -0.2) is 61.4 Å². The van der Waals surface area contributed by atoms with E-state index in [0.29, 0.717) is 25.6 Å². The third kappa shape index (κ3) is 5.54. The summed E-state index contributed by atoms with van der Waals surface area (Å²) in [6.45, 7) is 2.61. The molecule has 0 aliphatic heterocycles. The van der Waals surface area contributed by atoms with E-state index in [1.165, 1.54) is 12.3 Å². The fourth-order valence-corrected chi connectivity index (χ4v) is 1.35. The molecule has 0 saturated carbocycles. The normalized spacial score (nSPS) is 10.7. The summed E-state index contributed by atoms with van der Waals surface area (Å²) in [6.07, 6.45) is 1.33. The number of aromatic nitrogens is 1.